The van der Waals surface area contributed by atoms with Gasteiger partial charge in [0, 0.05) is 0 Å². The summed E-state index contributed by atoms with van der Waals surface area (Å²) < 4.78 is 0. The summed E-state index contributed by atoms with van der Waals surface area (Å²) in [6.07, 6.45) is 1.77. The fraction of sp³-hybridized carbons (Fsp3) is 0.0417. The third kappa shape index (κ3) is 4.50. The number of carboxylic acid groups (broad SMARTS) is 1. The third-order valence-corrected chi connectivity index (χ3v) is 5.51. The van der Waals surface area contributed by atoms with E-state index < -0.39 is 5.97 Å². The number of rotatable bonds is 5. The summed E-state index contributed by atoms with van der Waals surface area (Å²) in [5, 5.41) is 9.67. The Morgan fingerprint density at radius 3 is 2.20 bits per heavy atom. The summed E-state index contributed by atoms with van der Waals surface area (Å²) in [5.41, 5.74) is 2.76. The Kier molecular flexibility index (Phi) is 5.77. The van der Waals surface area contributed by atoms with E-state index in [4.69, 9.17) is 5.11 Å². The van der Waals surface area contributed by atoms with Crippen LogP contribution in [0.5, 0.6) is 0 Å². The van der Waals surface area contributed by atoms with Crippen molar-refractivity contribution < 1.29 is 14.7 Å². The van der Waals surface area contributed by atoms with Crippen LogP contribution in [0.1, 0.15) is 21.5 Å². The van der Waals surface area contributed by atoms with Crippen LogP contribution in [0, 0.1) is 0 Å². The van der Waals surface area contributed by atoms with E-state index in [9.17, 15) is 9.59 Å². The number of para-hydroxylation sites is 1. The quantitative estimate of drug-likeness (QED) is 0.584. The normalized spacial score (nSPS) is 16.4. The van der Waals surface area contributed by atoms with Gasteiger partial charge in [-0.15, -0.1) is 0 Å². The lowest BCUT2D eigenvalue weighted by molar-refractivity contribution is -0.122. The number of aliphatic imine (C=N–C) groups is 1. The van der Waals surface area contributed by atoms with E-state index in [1.165, 1.54) is 23.9 Å². The fourth-order valence-corrected chi connectivity index (χ4v) is 3.98. The number of carbonyl (C=O) groups is 2. The second kappa shape index (κ2) is 8.80. The van der Waals surface area contributed by atoms with Gasteiger partial charge in [-0.3, -0.25) is 9.69 Å². The van der Waals surface area contributed by atoms with Crippen LogP contribution in [-0.2, 0) is 11.3 Å². The lowest BCUT2D eigenvalue weighted by atomic mass is 10.1. The van der Waals surface area contributed by atoms with Gasteiger partial charge < -0.3 is 5.11 Å². The maximum absolute atomic E-state index is 13.2. The minimum atomic E-state index is -0.980. The Morgan fingerprint density at radius 1 is 0.933 bits per heavy atom. The molecule has 3 aromatic carbocycles. The van der Waals surface area contributed by atoms with Crippen molar-refractivity contribution in [3.63, 3.8) is 0 Å². The average molecular weight is 414 g/mol. The molecule has 1 saturated heterocycles. The van der Waals surface area contributed by atoms with E-state index in [1.54, 1.807) is 23.1 Å². The molecule has 5 nitrogen and oxygen atoms in total. The first kappa shape index (κ1) is 19.7. The lowest BCUT2D eigenvalue weighted by Gasteiger charge is -2.15. The highest BCUT2D eigenvalue weighted by Crippen LogP contribution is 2.35. The summed E-state index contributed by atoms with van der Waals surface area (Å²) in [7, 11) is 0. The molecule has 1 N–H and O–H groups in total. The fourth-order valence-electron chi connectivity index (χ4n) is 2.98. The summed E-state index contributed by atoms with van der Waals surface area (Å²) >= 11 is 1.32. The number of thioether (sulfide) groups is 1. The first-order valence-electron chi connectivity index (χ1n) is 9.32. The number of amides is 1. The van der Waals surface area contributed by atoms with E-state index in [0.29, 0.717) is 16.6 Å². The summed E-state index contributed by atoms with van der Waals surface area (Å²) in [4.78, 5) is 31.1. The molecule has 1 amide bonds. The molecule has 30 heavy (non-hydrogen) atoms. The van der Waals surface area contributed by atoms with Gasteiger partial charge in [-0.05, 0) is 53.2 Å². The molecular formula is C24H18N2O3S. The minimum Gasteiger partial charge on any atom is -0.478 e. The number of nitrogens with zero attached hydrogens (tertiary/aromatic N) is 2. The van der Waals surface area contributed by atoms with Crippen LogP contribution in [0.15, 0.2) is 94.8 Å². The molecule has 0 saturated carbocycles. The molecule has 0 aromatic heterocycles. The molecule has 3 aromatic rings. The minimum absolute atomic E-state index is 0.124. The predicted molar refractivity (Wildman–Crippen MR) is 119 cm³/mol. The molecule has 4 rings (SSSR count). The molecule has 148 valence electrons. The van der Waals surface area contributed by atoms with Gasteiger partial charge in [0.1, 0.15) is 0 Å². The highest BCUT2D eigenvalue weighted by Gasteiger charge is 2.33. The molecular weight excluding hydrogens is 396 g/mol. The van der Waals surface area contributed by atoms with Crippen molar-refractivity contribution in [1.82, 2.24) is 4.90 Å². The second-order valence-corrected chi connectivity index (χ2v) is 7.65. The zero-order chi connectivity index (χ0) is 20.9. The van der Waals surface area contributed by atoms with Crippen LogP contribution in [0.3, 0.4) is 0 Å². The molecule has 0 aliphatic carbocycles. The Morgan fingerprint density at radius 2 is 1.57 bits per heavy atom. The SMILES string of the molecule is O=C(O)c1ccc(/C=C2/SC(=Nc3ccccc3)N(Cc3ccccc3)C2=O)cc1. The zero-order valence-electron chi connectivity index (χ0n) is 15.9. The topological polar surface area (TPSA) is 70.0 Å². The van der Waals surface area contributed by atoms with Crippen molar-refractivity contribution in [2.24, 2.45) is 4.99 Å². The van der Waals surface area contributed by atoms with Crippen molar-refractivity contribution in [1.29, 1.82) is 0 Å². The van der Waals surface area contributed by atoms with Crippen LogP contribution in [0.4, 0.5) is 5.69 Å². The van der Waals surface area contributed by atoms with E-state index in [0.717, 1.165) is 16.8 Å². The highest BCUT2D eigenvalue weighted by molar-refractivity contribution is 8.18. The smallest absolute Gasteiger partial charge is 0.335 e. The van der Waals surface area contributed by atoms with Crippen molar-refractivity contribution in [2.45, 2.75) is 6.54 Å². The summed E-state index contributed by atoms with van der Waals surface area (Å²) in [6.45, 7) is 0.424. The standard InChI is InChI=1S/C24H18N2O3S/c27-22-21(15-17-11-13-19(14-12-17)23(28)29)30-24(25-20-9-5-2-6-10-20)26(22)16-18-7-3-1-4-8-18/h1-15H,16H2,(H,28,29)/b21-15+,25-24?. The Bertz CT molecular complexity index is 1120. The van der Waals surface area contributed by atoms with Crippen LogP contribution in [0.2, 0.25) is 0 Å². The Balaban J connectivity index is 1.67. The average Bonchev–Trinajstić information content (AvgIpc) is 3.04. The van der Waals surface area contributed by atoms with E-state index in [2.05, 4.69) is 4.99 Å². The molecule has 0 radical (unpaired) electrons. The molecule has 1 heterocycles. The van der Waals surface area contributed by atoms with Gasteiger partial charge in [0.25, 0.3) is 5.91 Å². The van der Waals surface area contributed by atoms with Crippen LogP contribution in [0.25, 0.3) is 6.08 Å². The largest absolute Gasteiger partial charge is 0.478 e. The molecule has 1 aliphatic rings. The lowest BCUT2D eigenvalue weighted by Crippen LogP contribution is -2.28. The number of carboxylic acids is 1. The number of amidine groups is 1. The molecule has 0 bridgehead atoms. The number of hydrogen-bond acceptors (Lipinski definition) is 4. The maximum atomic E-state index is 13.2. The van der Waals surface area contributed by atoms with Crippen molar-refractivity contribution in [3.05, 3.63) is 107 Å². The number of carbonyl (C=O) groups excluding carboxylic acids is 1. The number of hydrogen-bond donors (Lipinski definition) is 1. The molecule has 6 heteroatoms. The van der Waals surface area contributed by atoms with Gasteiger partial charge in [0.05, 0.1) is 22.7 Å². The molecule has 0 spiro atoms. The second-order valence-electron chi connectivity index (χ2n) is 6.64. The van der Waals surface area contributed by atoms with E-state index >= 15 is 0 Å². The number of benzene rings is 3. The van der Waals surface area contributed by atoms with Crippen molar-refractivity contribution in [3.8, 4) is 0 Å². The van der Waals surface area contributed by atoms with Gasteiger partial charge in [-0.1, -0.05) is 60.7 Å². The van der Waals surface area contributed by atoms with Crippen molar-refractivity contribution in [2.75, 3.05) is 0 Å². The van der Waals surface area contributed by atoms with Gasteiger partial charge in [0.2, 0.25) is 0 Å². The molecule has 1 fully saturated rings. The first-order chi connectivity index (χ1) is 14.6. The van der Waals surface area contributed by atoms with Crippen LogP contribution in [-0.4, -0.2) is 27.1 Å². The maximum Gasteiger partial charge on any atom is 0.335 e. The monoisotopic (exact) mass is 414 g/mol. The van der Waals surface area contributed by atoms with Gasteiger partial charge >= 0.3 is 5.97 Å². The van der Waals surface area contributed by atoms with Crippen molar-refractivity contribution >= 4 is 40.6 Å². The van der Waals surface area contributed by atoms with E-state index in [1.807, 2.05) is 60.7 Å². The Labute approximate surface area is 178 Å². The molecule has 1 aliphatic heterocycles. The first-order valence-corrected chi connectivity index (χ1v) is 10.1. The van der Waals surface area contributed by atoms with Gasteiger partial charge in [0.15, 0.2) is 5.17 Å². The number of aromatic carboxylic acids is 1. The molecule has 0 atom stereocenters. The zero-order valence-corrected chi connectivity index (χ0v) is 16.8. The van der Waals surface area contributed by atoms with Crippen LogP contribution < -0.4 is 0 Å². The van der Waals surface area contributed by atoms with E-state index in [-0.39, 0.29) is 11.5 Å². The van der Waals surface area contributed by atoms with Crippen LogP contribution >= 0.6 is 11.8 Å². The highest BCUT2D eigenvalue weighted by atomic mass is 32.2. The summed E-state index contributed by atoms with van der Waals surface area (Å²) in [5.74, 6) is -1.10. The van der Waals surface area contributed by atoms with Gasteiger partial charge in [-0.25, -0.2) is 9.79 Å². The van der Waals surface area contributed by atoms with Gasteiger partial charge in [-0.2, -0.15) is 0 Å². The predicted octanol–water partition coefficient (Wildman–Crippen LogP) is 5.19. The third-order valence-electron chi connectivity index (χ3n) is 4.51. The summed E-state index contributed by atoms with van der Waals surface area (Å²) in [6, 6.07) is 25.7. The Hall–Kier alpha value is -3.64. The molecule has 0 unspecified atom stereocenters.